The van der Waals surface area contributed by atoms with Gasteiger partial charge in [-0.3, -0.25) is 4.79 Å². The van der Waals surface area contributed by atoms with Crippen LogP contribution in [0.2, 0.25) is 0 Å². The summed E-state index contributed by atoms with van der Waals surface area (Å²) >= 11 is 0. The van der Waals surface area contributed by atoms with E-state index in [2.05, 4.69) is 0 Å². The predicted molar refractivity (Wildman–Crippen MR) is 117 cm³/mol. The van der Waals surface area contributed by atoms with Crippen molar-refractivity contribution in [2.45, 2.75) is 30.6 Å². The van der Waals surface area contributed by atoms with E-state index in [1.165, 1.54) is 12.1 Å². The monoisotopic (exact) mass is 492 g/mol. The van der Waals surface area contributed by atoms with Gasteiger partial charge in [0.1, 0.15) is 11.5 Å². The number of hydrogen-bond acceptors (Lipinski definition) is 3. The van der Waals surface area contributed by atoms with Crippen molar-refractivity contribution in [1.82, 2.24) is 0 Å². The number of aliphatic carboxylic acids is 1. The van der Waals surface area contributed by atoms with Crippen LogP contribution in [0.4, 0.5) is 22.0 Å². The Morgan fingerprint density at radius 3 is 2.20 bits per heavy atom. The van der Waals surface area contributed by atoms with E-state index in [4.69, 9.17) is 9.47 Å². The van der Waals surface area contributed by atoms with E-state index < -0.39 is 46.9 Å². The molecule has 184 valence electrons. The molecule has 2 unspecified atom stereocenters. The zero-order valence-corrected chi connectivity index (χ0v) is 18.5. The molecule has 2 atom stereocenters. The molecule has 1 N–H and O–H groups in total. The Hall–Kier alpha value is -3.62. The number of rotatable bonds is 8. The first-order valence-corrected chi connectivity index (χ1v) is 10.8. The van der Waals surface area contributed by atoms with E-state index in [1.807, 2.05) is 0 Å². The first kappa shape index (κ1) is 24.5. The minimum Gasteiger partial charge on any atom is -0.494 e. The summed E-state index contributed by atoms with van der Waals surface area (Å²) in [6.07, 6.45) is -0.756. The molecule has 35 heavy (non-hydrogen) atoms. The Balaban J connectivity index is 1.73. The van der Waals surface area contributed by atoms with Crippen LogP contribution >= 0.6 is 0 Å². The molecule has 3 aromatic carbocycles. The van der Waals surface area contributed by atoms with Gasteiger partial charge < -0.3 is 14.6 Å². The molecule has 0 bridgehead atoms. The van der Waals surface area contributed by atoms with E-state index in [1.54, 1.807) is 37.3 Å². The van der Waals surface area contributed by atoms with Crippen molar-refractivity contribution < 1.29 is 41.3 Å². The molecule has 4 nitrogen and oxygen atoms in total. The summed E-state index contributed by atoms with van der Waals surface area (Å²) in [4.78, 5) is 12.3. The molecule has 0 heterocycles. The molecule has 0 spiro atoms. The molecular formula is C26H21F5O4. The number of ether oxygens (including phenoxy) is 2. The van der Waals surface area contributed by atoms with Crippen molar-refractivity contribution in [2.24, 2.45) is 5.92 Å². The molecule has 0 amide bonds. The van der Waals surface area contributed by atoms with Gasteiger partial charge in [0.05, 0.1) is 12.5 Å². The third kappa shape index (κ3) is 3.79. The van der Waals surface area contributed by atoms with Gasteiger partial charge in [-0.2, -0.15) is 17.6 Å². The molecule has 0 aromatic heterocycles. The van der Waals surface area contributed by atoms with E-state index >= 15 is 0 Å². The van der Waals surface area contributed by atoms with Crippen LogP contribution in [0.15, 0.2) is 72.8 Å². The molecule has 0 radical (unpaired) electrons. The second kappa shape index (κ2) is 8.87. The maximum Gasteiger partial charge on any atom is 0.330 e. The Morgan fingerprint density at radius 1 is 0.943 bits per heavy atom. The highest BCUT2D eigenvalue weighted by atomic mass is 19.3. The lowest BCUT2D eigenvalue weighted by atomic mass is 9.49. The molecule has 1 aliphatic rings. The largest absolute Gasteiger partial charge is 0.494 e. The SMILES string of the molecule is CCOc1ccc(C2(C(=O)O)C(Cc3ccc(F)c(Oc4ccccc4)c3)C(F)(F)C2(F)F)cc1. The first-order valence-electron chi connectivity index (χ1n) is 10.8. The molecular weight excluding hydrogens is 471 g/mol. The summed E-state index contributed by atoms with van der Waals surface area (Å²) in [6.45, 7) is 1.97. The van der Waals surface area contributed by atoms with Crippen molar-refractivity contribution in [3.63, 3.8) is 0 Å². The summed E-state index contributed by atoms with van der Waals surface area (Å²) in [5, 5.41) is 9.89. The van der Waals surface area contributed by atoms with Crippen LogP contribution in [0, 0.1) is 11.7 Å². The third-order valence-corrected chi connectivity index (χ3v) is 6.24. The average molecular weight is 492 g/mol. The highest BCUT2D eigenvalue weighted by Crippen LogP contribution is 2.68. The first-order chi connectivity index (χ1) is 16.6. The minimum absolute atomic E-state index is 0.0223. The van der Waals surface area contributed by atoms with Crippen LogP contribution in [-0.2, 0) is 16.6 Å². The van der Waals surface area contributed by atoms with Gasteiger partial charge in [-0.25, -0.2) is 4.39 Å². The Morgan fingerprint density at radius 2 is 1.60 bits per heavy atom. The Bertz CT molecular complexity index is 1210. The normalized spacial score (nSPS) is 22.2. The van der Waals surface area contributed by atoms with Crippen LogP contribution in [0.5, 0.6) is 17.2 Å². The van der Waals surface area contributed by atoms with Crippen LogP contribution in [-0.4, -0.2) is 29.5 Å². The van der Waals surface area contributed by atoms with Crippen molar-refractivity contribution in [3.8, 4) is 17.2 Å². The lowest BCUT2D eigenvalue weighted by Crippen LogP contribution is -2.79. The van der Waals surface area contributed by atoms with E-state index in [0.29, 0.717) is 0 Å². The fourth-order valence-corrected chi connectivity index (χ4v) is 4.55. The van der Waals surface area contributed by atoms with Gasteiger partial charge in [0, 0.05) is 0 Å². The van der Waals surface area contributed by atoms with Gasteiger partial charge in [0.25, 0.3) is 0 Å². The Kier molecular flexibility index (Phi) is 6.21. The highest BCUT2D eigenvalue weighted by molar-refractivity contribution is 5.86. The van der Waals surface area contributed by atoms with Gasteiger partial charge in [-0.1, -0.05) is 36.4 Å². The fraction of sp³-hybridized carbons (Fsp3) is 0.269. The van der Waals surface area contributed by atoms with Crippen LogP contribution in [0.1, 0.15) is 18.1 Å². The van der Waals surface area contributed by atoms with Crippen LogP contribution in [0.25, 0.3) is 0 Å². The molecule has 0 saturated heterocycles. The number of carboxylic acids is 1. The molecule has 1 saturated carbocycles. The number of benzene rings is 3. The molecule has 0 aliphatic heterocycles. The second-order valence-corrected chi connectivity index (χ2v) is 8.20. The lowest BCUT2D eigenvalue weighted by Gasteiger charge is -2.57. The molecule has 1 fully saturated rings. The van der Waals surface area contributed by atoms with Gasteiger partial charge in [0.15, 0.2) is 17.0 Å². The third-order valence-electron chi connectivity index (χ3n) is 6.24. The lowest BCUT2D eigenvalue weighted by molar-refractivity contribution is -0.360. The second-order valence-electron chi connectivity index (χ2n) is 8.20. The maximum absolute atomic E-state index is 15.0. The zero-order chi connectivity index (χ0) is 25.4. The molecule has 9 heteroatoms. The quantitative estimate of drug-likeness (QED) is 0.366. The zero-order valence-electron chi connectivity index (χ0n) is 18.5. The summed E-state index contributed by atoms with van der Waals surface area (Å²) in [7, 11) is 0. The molecule has 4 rings (SSSR count). The number of alkyl halides is 4. The number of para-hydroxylation sites is 1. The van der Waals surface area contributed by atoms with Gasteiger partial charge in [-0.05, 0) is 60.9 Å². The molecule has 3 aromatic rings. The minimum atomic E-state index is -4.87. The van der Waals surface area contributed by atoms with Crippen molar-refractivity contribution in [2.75, 3.05) is 6.61 Å². The van der Waals surface area contributed by atoms with Crippen molar-refractivity contribution in [3.05, 3.63) is 89.7 Å². The topological polar surface area (TPSA) is 55.8 Å². The standard InChI is InChI=1S/C26H21F5O4/c1-2-34-18-11-9-17(10-12-18)24(23(32)33)22(25(28,29)26(24,30)31)15-16-8-13-20(27)21(14-16)35-19-6-4-3-5-7-19/h3-14,22H,2,15H2,1H3,(H,32,33). The molecule has 1 aliphatic carbocycles. The fourth-order valence-electron chi connectivity index (χ4n) is 4.55. The average Bonchev–Trinajstić information content (AvgIpc) is 2.82. The van der Waals surface area contributed by atoms with Gasteiger partial charge in [-0.15, -0.1) is 0 Å². The van der Waals surface area contributed by atoms with Gasteiger partial charge >= 0.3 is 17.8 Å². The summed E-state index contributed by atoms with van der Waals surface area (Å²) in [6, 6.07) is 16.0. The Labute approximate surface area is 197 Å². The van der Waals surface area contributed by atoms with Crippen LogP contribution in [0.3, 0.4) is 0 Å². The number of halogens is 5. The van der Waals surface area contributed by atoms with E-state index in [0.717, 1.165) is 30.3 Å². The number of carbonyl (C=O) groups is 1. The smallest absolute Gasteiger partial charge is 0.330 e. The van der Waals surface area contributed by atoms with E-state index in [9.17, 15) is 31.9 Å². The summed E-state index contributed by atoms with van der Waals surface area (Å²) in [5.74, 6) is -14.4. The summed E-state index contributed by atoms with van der Waals surface area (Å²) in [5.41, 5.74) is -3.65. The van der Waals surface area contributed by atoms with E-state index in [-0.39, 0.29) is 29.4 Å². The van der Waals surface area contributed by atoms with Crippen molar-refractivity contribution >= 4 is 5.97 Å². The number of carboxylic acid groups (broad SMARTS) is 1. The van der Waals surface area contributed by atoms with Crippen molar-refractivity contribution in [1.29, 1.82) is 0 Å². The maximum atomic E-state index is 15.0. The summed E-state index contributed by atoms with van der Waals surface area (Å²) < 4.78 is 84.5. The predicted octanol–water partition coefficient (Wildman–Crippen LogP) is 6.48. The van der Waals surface area contributed by atoms with Crippen LogP contribution < -0.4 is 9.47 Å². The highest BCUT2D eigenvalue weighted by Gasteiger charge is 2.89. The van der Waals surface area contributed by atoms with Gasteiger partial charge in [0.2, 0.25) is 0 Å². The number of hydrogen-bond donors (Lipinski definition) is 1.